The molecule has 6 atom stereocenters. The molecule has 0 aromatic heterocycles. The molecule has 14 nitrogen and oxygen atoms in total. The lowest BCUT2D eigenvalue weighted by Gasteiger charge is -2.64. The third-order valence-electron chi connectivity index (χ3n) is 10.9. The van der Waals surface area contributed by atoms with Gasteiger partial charge >= 0.3 is 7.12 Å². The fourth-order valence-electron chi connectivity index (χ4n) is 8.17. The lowest BCUT2D eigenvalue weighted by molar-refractivity contribution is -0.525. The van der Waals surface area contributed by atoms with Gasteiger partial charge in [0.2, 0.25) is 5.91 Å². The van der Waals surface area contributed by atoms with E-state index in [1.165, 1.54) is 0 Å². The smallest absolute Gasteiger partial charge is 0.404 e. The summed E-state index contributed by atoms with van der Waals surface area (Å²) in [5.41, 5.74) is 7.65. The zero-order chi connectivity index (χ0) is 35.0. The Morgan fingerprint density at radius 1 is 1.17 bits per heavy atom. The van der Waals surface area contributed by atoms with E-state index >= 15 is 0 Å². The molecule has 2 aliphatic heterocycles. The third-order valence-corrected chi connectivity index (χ3v) is 10.9. The highest BCUT2D eigenvalue weighted by molar-refractivity contribution is 6.47. The van der Waals surface area contributed by atoms with Gasteiger partial charge in [0, 0.05) is 31.8 Å². The number of nitrogens with one attached hydrogen (secondary N) is 2. The number of hydrogen-bond donors (Lipinski definition) is 3. The zero-order valence-corrected chi connectivity index (χ0v) is 28.4. The van der Waals surface area contributed by atoms with Gasteiger partial charge in [-0.05, 0) is 74.3 Å². The maximum atomic E-state index is 13.9. The molecule has 260 valence electrons. The number of hydrazine groups is 1. The second-order valence-corrected chi connectivity index (χ2v) is 14.9. The van der Waals surface area contributed by atoms with Crippen LogP contribution in [0.3, 0.4) is 0 Å². The van der Waals surface area contributed by atoms with Gasteiger partial charge in [0.15, 0.2) is 5.03 Å². The van der Waals surface area contributed by atoms with Crippen LogP contribution in [-0.4, -0.2) is 77.3 Å². The molecule has 6 rings (SSSR count). The van der Waals surface area contributed by atoms with Crippen molar-refractivity contribution in [2.24, 2.45) is 39.8 Å². The molecule has 2 bridgehead atoms. The van der Waals surface area contributed by atoms with Crippen molar-refractivity contribution in [1.29, 1.82) is 0 Å². The summed E-state index contributed by atoms with van der Waals surface area (Å²) in [5.74, 6) is -1.93. The Labute approximate surface area is 281 Å². The molecule has 4 fully saturated rings. The average molecular weight is 667 g/mol. The van der Waals surface area contributed by atoms with E-state index in [9.17, 15) is 29.3 Å². The first-order valence-corrected chi connectivity index (χ1v) is 16.9. The summed E-state index contributed by atoms with van der Waals surface area (Å²) in [6, 6.07) is 6.52. The van der Waals surface area contributed by atoms with Crippen LogP contribution in [0, 0.1) is 39.2 Å². The normalized spacial score (nSPS) is 26.9. The Kier molecular flexibility index (Phi) is 10.3. The van der Waals surface area contributed by atoms with Crippen LogP contribution in [0.15, 0.2) is 29.3 Å². The number of carbonyl (C=O) groups excluding carboxylic acids is 4. The molecule has 4 N–H and O–H groups in total. The van der Waals surface area contributed by atoms with Crippen molar-refractivity contribution in [2.45, 2.75) is 97.2 Å². The lowest BCUT2D eigenvalue weighted by Crippen LogP contribution is -2.65. The van der Waals surface area contributed by atoms with Gasteiger partial charge in [-0.25, -0.2) is 15.1 Å². The van der Waals surface area contributed by atoms with E-state index < -0.39 is 41.4 Å². The highest BCUT2D eigenvalue weighted by atomic mass is 16.7. The van der Waals surface area contributed by atoms with Crippen molar-refractivity contribution in [2.75, 3.05) is 13.1 Å². The molecule has 0 unspecified atom stereocenters. The molecular formula is C33H47BN6O8. The number of Topliss-reactive ketones (excluding diaryl/α,β-unsaturated/α-hetero) is 1. The highest BCUT2D eigenvalue weighted by Gasteiger charge is 2.68. The molecule has 1 saturated heterocycles. The molecule has 5 aliphatic rings. The number of rotatable bonds is 15. The molecule has 1 aromatic carbocycles. The highest BCUT2D eigenvalue weighted by Crippen LogP contribution is 2.65. The van der Waals surface area contributed by atoms with Gasteiger partial charge in [0.1, 0.15) is 5.78 Å². The number of carbonyl (C=O) groups is 4. The lowest BCUT2D eigenvalue weighted by atomic mass is 9.43. The summed E-state index contributed by atoms with van der Waals surface area (Å²) < 4.78 is 13.2. The van der Waals surface area contributed by atoms with E-state index in [1.807, 2.05) is 0 Å². The van der Waals surface area contributed by atoms with Crippen molar-refractivity contribution in [3.63, 3.8) is 0 Å². The molecule has 48 heavy (non-hydrogen) atoms. The Morgan fingerprint density at radius 3 is 2.44 bits per heavy atom. The monoisotopic (exact) mass is 666 g/mol. The number of nitrogens with zero attached hydrogens (tertiary/aromatic N) is 3. The Bertz CT molecular complexity index is 1450. The SMILES string of the molecule is CC(C)C[C@H](NC(=O)[C@H](CCCN=C(N)N[N+](=O)[O-])CC(=O)CCN1C(=O)c2ccccc2C1=O)B1O[C@@H]2C[C@H]3C[C@H](C3(C)C)[C@]2(C)O1. The van der Waals surface area contributed by atoms with E-state index in [4.69, 9.17) is 15.0 Å². The van der Waals surface area contributed by atoms with Crippen LogP contribution in [0.4, 0.5) is 0 Å². The van der Waals surface area contributed by atoms with Crippen LogP contribution in [0.5, 0.6) is 0 Å². The molecule has 2 heterocycles. The van der Waals surface area contributed by atoms with E-state index in [1.54, 1.807) is 29.7 Å². The number of benzene rings is 1. The molecule has 3 saturated carbocycles. The molecule has 15 heteroatoms. The van der Waals surface area contributed by atoms with Crippen LogP contribution in [0.1, 0.15) is 100 Å². The Hall–Kier alpha value is -3.85. The number of ketones is 1. The number of amides is 3. The van der Waals surface area contributed by atoms with E-state index in [0.29, 0.717) is 35.8 Å². The summed E-state index contributed by atoms with van der Waals surface area (Å²) in [6.45, 7) is 10.8. The molecule has 3 amide bonds. The summed E-state index contributed by atoms with van der Waals surface area (Å²) in [5, 5.41) is 13.0. The van der Waals surface area contributed by atoms with Crippen molar-refractivity contribution >= 4 is 36.6 Å². The van der Waals surface area contributed by atoms with Gasteiger partial charge in [-0.2, -0.15) is 0 Å². The van der Waals surface area contributed by atoms with E-state index in [0.717, 1.165) is 17.7 Å². The first-order chi connectivity index (χ1) is 22.6. The number of hydrogen-bond acceptors (Lipinski definition) is 9. The van der Waals surface area contributed by atoms with Crippen molar-refractivity contribution in [1.82, 2.24) is 15.6 Å². The molecular weight excluding hydrogens is 619 g/mol. The van der Waals surface area contributed by atoms with Crippen molar-refractivity contribution in [3.05, 3.63) is 45.5 Å². The summed E-state index contributed by atoms with van der Waals surface area (Å²) >= 11 is 0. The molecule has 3 aliphatic carbocycles. The fourth-order valence-corrected chi connectivity index (χ4v) is 8.17. The topological polar surface area (TPSA) is 196 Å². The summed E-state index contributed by atoms with van der Waals surface area (Å²) in [7, 11) is -0.635. The van der Waals surface area contributed by atoms with Crippen molar-refractivity contribution in [3.8, 4) is 0 Å². The van der Waals surface area contributed by atoms with E-state index in [2.05, 4.69) is 44.9 Å². The molecule has 0 spiro atoms. The van der Waals surface area contributed by atoms with Crippen LogP contribution in [0.2, 0.25) is 0 Å². The largest absolute Gasteiger partial charge is 0.481 e. The number of fused-ring (bicyclic) bond motifs is 1. The second kappa shape index (κ2) is 13.9. The summed E-state index contributed by atoms with van der Waals surface area (Å²) in [6.07, 6.45) is 2.92. The van der Waals surface area contributed by atoms with Gasteiger partial charge in [-0.15, -0.1) is 0 Å². The minimum atomic E-state index is -0.814. The predicted octanol–water partition coefficient (Wildman–Crippen LogP) is 2.92. The number of guanidine groups is 1. The average Bonchev–Trinajstić information content (AvgIpc) is 3.49. The second-order valence-electron chi connectivity index (χ2n) is 14.9. The Balaban J connectivity index is 1.25. The molecule has 0 radical (unpaired) electrons. The maximum Gasteiger partial charge on any atom is 0.481 e. The van der Waals surface area contributed by atoms with Gasteiger partial charge in [-0.1, -0.05) is 45.3 Å². The summed E-state index contributed by atoms with van der Waals surface area (Å²) in [4.78, 5) is 68.4. The number of imide groups is 1. The van der Waals surface area contributed by atoms with Gasteiger partial charge < -0.3 is 20.4 Å². The number of nitro groups is 1. The zero-order valence-electron chi connectivity index (χ0n) is 28.4. The minimum Gasteiger partial charge on any atom is -0.404 e. The quantitative estimate of drug-likeness (QED) is 0.0476. The number of aliphatic imine (C=N–C) groups is 1. The molecule has 1 aromatic rings. The van der Waals surface area contributed by atoms with Crippen LogP contribution in [0.25, 0.3) is 0 Å². The van der Waals surface area contributed by atoms with Gasteiger partial charge in [0.25, 0.3) is 17.8 Å². The van der Waals surface area contributed by atoms with Crippen LogP contribution >= 0.6 is 0 Å². The Morgan fingerprint density at radius 2 is 1.83 bits per heavy atom. The van der Waals surface area contributed by atoms with Crippen LogP contribution in [-0.2, 0) is 18.9 Å². The minimum absolute atomic E-state index is 0.0542. The first-order valence-electron chi connectivity index (χ1n) is 16.9. The van der Waals surface area contributed by atoms with Gasteiger partial charge in [0.05, 0.1) is 28.8 Å². The maximum absolute atomic E-state index is 13.9. The van der Waals surface area contributed by atoms with Crippen molar-refractivity contribution < 1.29 is 33.5 Å². The van der Waals surface area contributed by atoms with Gasteiger partial charge in [-0.3, -0.25) is 24.1 Å². The fraction of sp³-hybridized carbons (Fsp3) is 0.667. The number of nitrogens with two attached hydrogens (primary N) is 1. The van der Waals surface area contributed by atoms with Crippen LogP contribution < -0.4 is 16.5 Å². The predicted molar refractivity (Wildman–Crippen MR) is 177 cm³/mol. The van der Waals surface area contributed by atoms with E-state index in [-0.39, 0.29) is 67.4 Å². The first kappa shape index (κ1) is 35.5. The standard InChI is InChI=1S/C33H47BN6O8/c1-19(2)15-27(34-47-26-18-21-17-25(32(21,3)4)33(26,5)48-34)37-28(42)20(9-8-13-36-31(35)38-40(45)46)16-22(41)12-14-39-29(43)23-10-6-7-11-24(23)30(39)44/h6-7,10-11,19-21,25-27H,8-9,12-18H2,1-5H3,(H,37,42)(H3,35,36,38)/t20-,21-,25-,26-,27+,33+/m1/s1. The third kappa shape index (κ3) is 7.12.